The smallest absolute Gasteiger partial charge is 0.162 e. The molecular weight excluding hydrogens is 539 g/mol. The van der Waals surface area contributed by atoms with E-state index in [1.54, 1.807) is 19.2 Å². The number of aromatic nitrogens is 2. The standard InChI is InChI=1S/C28H28Cl2N6O3/c1-35-4-6-36(7-5-35)8-9-39-26-11-17-10-23-28(33-21(17)13-25(26)38-3)27(18(15-31)16-32-23)34-22-14-24(37-2)20(30)12-19(22)29/h10-14,16H,4-9H2,1-3H3,(H,32,34). The Morgan fingerprint density at radius 1 is 0.949 bits per heavy atom. The second-order valence-corrected chi connectivity index (χ2v) is 10.1. The molecule has 39 heavy (non-hydrogen) atoms. The second-order valence-electron chi connectivity index (χ2n) is 9.30. The van der Waals surface area contributed by atoms with Crippen molar-refractivity contribution >= 4 is 56.5 Å². The molecule has 0 aliphatic carbocycles. The number of likely N-dealkylation sites (N-methyl/N-ethyl adjacent to an activating group) is 1. The highest BCUT2D eigenvalue weighted by Crippen LogP contribution is 2.39. The van der Waals surface area contributed by atoms with Crippen LogP contribution in [0.4, 0.5) is 11.4 Å². The normalized spacial score (nSPS) is 14.4. The zero-order chi connectivity index (χ0) is 27.5. The van der Waals surface area contributed by atoms with E-state index in [1.165, 1.54) is 13.3 Å². The third kappa shape index (κ3) is 5.75. The summed E-state index contributed by atoms with van der Waals surface area (Å²) in [6.45, 7) is 5.59. The number of nitrogens with zero attached hydrogens (tertiary/aromatic N) is 5. The minimum atomic E-state index is 0.315. The number of hydrogen-bond acceptors (Lipinski definition) is 9. The van der Waals surface area contributed by atoms with Crippen molar-refractivity contribution in [3.63, 3.8) is 0 Å². The zero-order valence-electron chi connectivity index (χ0n) is 21.9. The van der Waals surface area contributed by atoms with Gasteiger partial charge in [0.15, 0.2) is 11.5 Å². The number of halogens is 2. The van der Waals surface area contributed by atoms with E-state index >= 15 is 0 Å². The van der Waals surface area contributed by atoms with Crippen LogP contribution in [-0.4, -0.2) is 80.4 Å². The molecule has 1 saturated heterocycles. The molecule has 0 atom stereocenters. The minimum absolute atomic E-state index is 0.315. The summed E-state index contributed by atoms with van der Waals surface area (Å²) in [6.07, 6.45) is 1.51. The highest BCUT2D eigenvalue weighted by atomic mass is 35.5. The summed E-state index contributed by atoms with van der Waals surface area (Å²) in [5.41, 5.74) is 3.10. The molecule has 0 radical (unpaired) electrons. The monoisotopic (exact) mass is 566 g/mol. The van der Waals surface area contributed by atoms with Gasteiger partial charge in [0.25, 0.3) is 0 Å². The fraction of sp³-hybridized carbons (Fsp3) is 0.321. The summed E-state index contributed by atoms with van der Waals surface area (Å²) >= 11 is 12.7. The van der Waals surface area contributed by atoms with E-state index in [1.807, 2.05) is 18.2 Å². The molecule has 0 bridgehead atoms. The Labute approximate surface area is 236 Å². The number of nitrogens with one attached hydrogen (secondary N) is 1. The lowest BCUT2D eigenvalue weighted by molar-refractivity contribution is 0.133. The van der Waals surface area contributed by atoms with Crippen molar-refractivity contribution in [2.75, 3.05) is 65.9 Å². The molecule has 5 rings (SSSR count). The van der Waals surface area contributed by atoms with Crippen LogP contribution >= 0.6 is 23.2 Å². The Bertz CT molecular complexity index is 1570. The summed E-state index contributed by atoms with van der Waals surface area (Å²) < 4.78 is 17.1. The van der Waals surface area contributed by atoms with Gasteiger partial charge in [-0.3, -0.25) is 9.88 Å². The Kier molecular flexibility index (Phi) is 8.10. The third-order valence-electron chi connectivity index (χ3n) is 6.80. The molecule has 2 aromatic carbocycles. The highest BCUT2D eigenvalue weighted by Gasteiger charge is 2.18. The maximum atomic E-state index is 9.81. The van der Waals surface area contributed by atoms with Gasteiger partial charge >= 0.3 is 0 Å². The summed E-state index contributed by atoms with van der Waals surface area (Å²) in [5, 5.41) is 14.6. The molecule has 0 amide bonds. The van der Waals surface area contributed by atoms with Gasteiger partial charge in [-0.15, -0.1) is 0 Å². The summed E-state index contributed by atoms with van der Waals surface area (Å²) in [7, 11) is 5.27. The lowest BCUT2D eigenvalue weighted by Gasteiger charge is -2.32. The van der Waals surface area contributed by atoms with Crippen molar-refractivity contribution in [2.45, 2.75) is 0 Å². The van der Waals surface area contributed by atoms with E-state index in [4.69, 9.17) is 42.4 Å². The van der Waals surface area contributed by atoms with Crippen LogP contribution in [0.5, 0.6) is 17.2 Å². The first kappa shape index (κ1) is 27.0. The van der Waals surface area contributed by atoms with E-state index in [0.29, 0.717) is 67.4 Å². The van der Waals surface area contributed by atoms with Gasteiger partial charge in [-0.2, -0.15) is 5.26 Å². The van der Waals surface area contributed by atoms with Crippen LogP contribution in [0, 0.1) is 11.3 Å². The van der Waals surface area contributed by atoms with E-state index in [-0.39, 0.29) is 0 Å². The number of anilines is 2. The maximum absolute atomic E-state index is 9.81. The van der Waals surface area contributed by atoms with Gasteiger partial charge in [0.2, 0.25) is 0 Å². The van der Waals surface area contributed by atoms with Crippen molar-refractivity contribution in [1.82, 2.24) is 19.8 Å². The van der Waals surface area contributed by atoms with Crippen molar-refractivity contribution < 1.29 is 14.2 Å². The SMILES string of the molecule is COc1cc(Nc2c(C#N)cnc3cc4cc(OCCN5CCN(C)CC5)c(OC)cc4nc23)c(Cl)cc1Cl. The second kappa shape index (κ2) is 11.7. The first-order chi connectivity index (χ1) is 18.9. The third-order valence-corrected chi connectivity index (χ3v) is 7.41. The van der Waals surface area contributed by atoms with Gasteiger partial charge in [0.1, 0.15) is 23.9 Å². The number of fused-ring (bicyclic) bond motifs is 2. The number of pyridine rings is 2. The van der Waals surface area contributed by atoms with Crippen molar-refractivity contribution in [1.29, 1.82) is 5.26 Å². The van der Waals surface area contributed by atoms with Crippen LogP contribution in [0.1, 0.15) is 5.56 Å². The lowest BCUT2D eigenvalue weighted by Crippen LogP contribution is -2.45. The largest absolute Gasteiger partial charge is 0.495 e. The van der Waals surface area contributed by atoms with Crippen LogP contribution in [0.25, 0.3) is 21.9 Å². The van der Waals surface area contributed by atoms with Crippen LogP contribution in [0.15, 0.2) is 36.5 Å². The summed E-state index contributed by atoms with van der Waals surface area (Å²) in [4.78, 5) is 14.1. The molecule has 1 fully saturated rings. The molecule has 3 heterocycles. The molecule has 1 aliphatic heterocycles. The Morgan fingerprint density at radius 2 is 1.72 bits per heavy atom. The first-order valence-electron chi connectivity index (χ1n) is 12.5. The van der Waals surface area contributed by atoms with Gasteiger partial charge in [0, 0.05) is 56.4 Å². The van der Waals surface area contributed by atoms with Crippen LogP contribution < -0.4 is 19.5 Å². The number of benzene rings is 2. The van der Waals surface area contributed by atoms with Gasteiger partial charge in [0.05, 0.1) is 52.2 Å². The number of hydrogen-bond donors (Lipinski definition) is 1. The fourth-order valence-electron chi connectivity index (χ4n) is 4.54. The average Bonchev–Trinajstić information content (AvgIpc) is 2.94. The molecular formula is C28H28Cl2N6O3. The Balaban J connectivity index is 1.48. The predicted octanol–water partition coefficient (Wildman–Crippen LogP) is 5.35. The molecule has 202 valence electrons. The fourth-order valence-corrected chi connectivity index (χ4v) is 5.04. The number of rotatable bonds is 8. The number of piperazine rings is 1. The number of methoxy groups -OCH3 is 2. The Hall–Kier alpha value is -3.55. The van der Waals surface area contributed by atoms with E-state index in [9.17, 15) is 5.26 Å². The van der Waals surface area contributed by atoms with Crippen molar-refractivity contribution in [2.24, 2.45) is 0 Å². The van der Waals surface area contributed by atoms with Gasteiger partial charge in [-0.05, 0) is 25.2 Å². The summed E-state index contributed by atoms with van der Waals surface area (Å²) in [6, 6.07) is 11.1. The van der Waals surface area contributed by atoms with Gasteiger partial charge in [-0.1, -0.05) is 23.2 Å². The number of ether oxygens (including phenoxy) is 3. The predicted molar refractivity (Wildman–Crippen MR) is 154 cm³/mol. The van der Waals surface area contributed by atoms with Gasteiger partial charge < -0.3 is 24.4 Å². The molecule has 0 spiro atoms. The average molecular weight is 567 g/mol. The molecule has 0 saturated carbocycles. The van der Waals surface area contributed by atoms with Gasteiger partial charge in [-0.25, -0.2) is 4.98 Å². The lowest BCUT2D eigenvalue weighted by atomic mass is 10.1. The molecule has 2 aromatic heterocycles. The molecule has 1 aliphatic rings. The summed E-state index contributed by atoms with van der Waals surface area (Å²) in [5.74, 6) is 1.67. The minimum Gasteiger partial charge on any atom is -0.495 e. The van der Waals surface area contributed by atoms with Crippen LogP contribution in [-0.2, 0) is 0 Å². The molecule has 0 unspecified atom stereocenters. The Morgan fingerprint density at radius 3 is 2.44 bits per heavy atom. The maximum Gasteiger partial charge on any atom is 0.162 e. The highest BCUT2D eigenvalue weighted by molar-refractivity contribution is 6.37. The molecule has 9 nitrogen and oxygen atoms in total. The van der Waals surface area contributed by atoms with Crippen molar-refractivity contribution in [3.05, 3.63) is 52.1 Å². The molecule has 4 aromatic rings. The van der Waals surface area contributed by atoms with E-state index in [0.717, 1.165) is 38.1 Å². The first-order valence-corrected chi connectivity index (χ1v) is 13.2. The quantitative estimate of drug-likeness (QED) is 0.283. The van der Waals surface area contributed by atoms with Crippen molar-refractivity contribution in [3.8, 4) is 23.3 Å². The van der Waals surface area contributed by atoms with E-state index < -0.39 is 0 Å². The zero-order valence-corrected chi connectivity index (χ0v) is 23.4. The van der Waals surface area contributed by atoms with Crippen LogP contribution in [0.2, 0.25) is 10.0 Å². The molecule has 11 heteroatoms. The van der Waals surface area contributed by atoms with Crippen LogP contribution in [0.3, 0.4) is 0 Å². The van der Waals surface area contributed by atoms with E-state index in [2.05, 4.69) is 33.2 Å². The topological polar surface area (TPSA) is 95.8 Å². The molecule has 1 N–H and O–H groups in total. The number of nitriles is 1.